The molecule has 1 aliphatic rings. The van der Waals surface area contributed by atoms with E-state index >= 15 is 0 Å². The SMILES string of the molecule is Cc1ccc(/C=C/C(=O)N(Cc2ccc(C)cc2)C2CC2)cc1. The maximum Gasteiger partial charge on any atom is 0.247 e. The molecule has 0 N–H and O–H groups in total. The number of benzene rings is 2. The van der Waals surface area contributed by atoms with E-state index in [-0.39, 0.29) is 5.91 Å². The van der Waals surface area contributed by atoms with Crippen LogP contribution in [0.25, 0.3) is 6.08 Å². The van der Waals surface area contributed by atoms with Crippen molar-refractivity contribution >= 4 is 12.0 Å². The highest BCUT2D eigenvalue weighted by Gasteiger charge is 2.31. The van der Waals surface area contributed by atoms with E-state index in [0.717, 1.165) is 18.4 Å². The van der Waals surface area contributed by atoms with Crippen LogP contribution < -0.4 is 0 Å². The van der Waals surface area contributed by atoms with E-state index in [1.807, 2.05) is 23.1 Å². The Balaban J connectivity index is 1.69. The van der Waals surface area contributed by atoms with Crippen LogP contribution in [0.15, 0.2) is 54.6 Å². The van der Waals surface area contributed by atoms with Crippen molar-refractivity contribution < 1.29 is 4.79 Å². The Labute approximate surface area is 138 Å². The van der Waals surface area contributed by atoms with Crippen LogP contribution in [-0.2, 0) is 11.3 Å². The third-order valence-electron chi connectivity index (χ3n) is 4.24. The number of carbonyl (C=O) groups is 1. The van der Waals surface area contributed by atoms with E-state index in [0.29, 0.717) is 12.6 Å². The van der Waals surface area contributed by atoms with Crippen LogP contribution in [0.4, 0.5) is 0 Å². The summed E-state index contributed by atoms with van der Waals surface area (Å²) in [6.45, 7) is 4.84. The summed E-state index contributed by atoms with van der Waals surface area (Å²) in [5.74, 6) is 0.105. The topological polar surface area (TPSA) is 20.3 Å². The zero-order valence-electron chi connectivity index (χ0n) is 13.8. The summed E-state index contributed by atoms with van der Waals surface area (Å²) in [6.07, 6.45) is 5.86. The molecule has 0 unspecified atom stereocenters. The second kappa shape index (κ2) is 6.82. The van der Waals surface area contributed by atoms with Crippen molar-refractivity contribution in [2.45, 2.75) is 39.3 Å². The van der Waals surface area contributed by atoms with Gasteiger partial charge < -0.3 is 4.90 Å². The summed E-state index contributed by atoms with van der Waals surface area (Å²) in [6, 6.07) is 17.1. The lowest BCUT2D eigenvalue weighted by Crippen LogP contribution is -2.31. The van der Waals surface area contributed by atoms with Crippen LogP contribution in [0.2, 0.25) is 0 Å². The number of aryl methyl sites for hydroxylation is 2. The number of carbonyl (C=O) groups excluding carboxylic acids is 1. The fraction of sp³-hybridized carbons (Fsp3) is 0.286. The normalized spacial score (nSPS) is 14.2. The molecule has 23 heavy (non-hydrogen) atoms. The van der Waals surface area contributed by atoms with Gasteiger partial charge in [0.2, 0.25) is 5.91 Å². The number of nitrogens with zero attached hydrogens (tertiary/aromatic N) is 1. The Kier molecular flexibility index (Phi) is 4.61. The van der Waals surface area contributed by atoms with Gasteiger partial charge in [-0.05, 0) is 43.9 Å². The summed E-state index contributed by atoms with van der Waals surface area (Å²) in [5.41, 5.74) is 4.74. The molecule has 3 rings (SSSR count). The molecule has 0 aliphatic heterocycles. The lowest BCUT2D eigenvalue weighted by atomic mass is 10.1. The lowest BCUT2D eigenvalue weighted by Gasteiger charge is -2.21. The van der Waals surface area contributed by atoms with Crippen LogP contribution in [0.1, 0.15) is 35.1 Å². The van der Waals surface area contributed by atoms with Gasteiger partial charge in [0.05, 0.1) is 0 Å². The first-order valence-electron chi connectivity index (χ1n) is 8.23. The van der Waals surface area contributed by atoms with Gasteiger partial charge in [0.25, 0.3) is 0 Å². The first-order chi connectivity index (χ1) is 11.1. The van der Waals surface area contributed by atoms with Crippen LogP contribution in [0.5, 0.6) is 0 Å². The van der Waals surface area contributed by atoms with Crippen molar-refractivity contribution in [3.63, 3.8) is 0 Å². The molecule has 118 valence electrons. The minimum atomic E-state index is 0.105. The van der Waals surface area contributed by atoms with Crippen molar-refractivity contribution in [2.75, 3.05) is 0 Å². The van der Waals surface area contributed by atoms with Crippen LogP contribution in [0.3, 0.4) is 0 Å². The number of hydrogen-bond donors (Lipinski definition) is 0. The van der Waals surface area contributed by atoms with Gasteiger partial charge in [0.1, 0.15) is 0 Å². The zero-order chi connectivity index (χ0) is 16.2. The second-order valence-corrected chi connectivity index (χ2v) is 6.43. The Morgan fingerprint density at radius 1 is 1.00 bits per heavy atom. The van der Waals surface area contributed by atoms with Gasteiger partial charge in [-0.15, -0.1) is 0 Å². The first-order valence-corrected chi connectivity index (χ1v) is 8.23. The average Bonchev–Trinajstić information content (AvgIpc) is 3.38. The minimum Gasteiger partial charge on any atom is -0.332 e. The van der Waals surface area contributed by atoms with E-state index < -0.39 is 0 Å². The third-order valence-corrected chi connectivity index (χ3v) is 4.24. The molecule has 0 radical (unpaired) electrons. The largest absolute Gasteiger partial charge is 0.332 e. The number of rotatable bonds is 5. The molecule has 2 heteroatoms. The molecule has 2 aromatic carbocycles. The molecular weight excluding hydrogens is 282 g/mol. The molecular formula is C21H23NO. The molecule has 0 atom stereocenters. The maximum absolute atomic E-state index is 12.6. The predicted octanol–water partition coefficient (Wildman–Crippen LogP) is 4.51. The highest BCUT2D eigenvalue weighted by atomic mass is 16.2. The van der Waals surface area contributed by atoms with Crippen molar-refractivity contribution in [1.29, 1.82) is 0 Å². The van der Waals surface area contributed by atoms with Gasteiger partial charge in [-0.25, -0.2) is 0 Å². The standard InChI is InChI=1S/C21H23NO/c1-16-3-7-18(8-4-16)11-14-21(23)22(20-12-13-20)15-19-9-5-17(2)6-10-19/h3-11,14,20H,12-13,15H2,1-2H3/b14-11+. The van der Waals surface area contributed by atoms with Crippen molar-refractivity contribution in [3.05, 3.63) is 76.9 Å². The summed E-state index contributed by atoms with van der Waals surface area (Å²) in [5, 5.41) is 0. The Morgan fingerprint density at radius 2 is 1.57 bits per heavy atom. The molecule has 0 saturated heterocycles. The summed E-state index contributed by atoms with van der Waals surface area (Å²) < 4.78 is 0. The second-order valence-electron chi connectivity index (χ2n) is 6.43. The Bertz CT molecular complexity index is 694. The number of amides is 1. The molecule has 1 fully saturated rings. The summed E-state index contributed by atoms with van der Waals surface area (Å²) in [4.78, 5) is 14.6. The molecule has 2 aromatic rings. The van der Waals surface area contributed by atoms with Gasteiger partial charge in [0, 0.05) is 18.7 Å². The van der Waals surface area contributed by atoms with E-state index in [9.17, 15) is 4.79 Å². The summed E-state index contributed by atoms with van der Waals surface area (Å²) >= 11 is 0. The fourth-order valence-corrected chi connectivity index (χ4v) is 2.60. The maximum atomic E-state index is 12.6. The molecule has 0 bridgehead atoms. The van der Waals surface area contributed by atoms with Crippen molar-refractivity contribution in [3.8, 4) is 0 Å². The van der Waals surface area contributed by atoms with Crippen molar-refractivity contribution in [2.24, 2.45) is 0 Å². The van der Waals surface area contributed by atoms with Gasteiger partial charge in [-0.1, -0.05) is 59.7 Å². The van der Waals surface area contributed by atoms with Gasteiger partial charge in [0.15, 0.2) is 0 Å². The number of hydrogen-bond acceptors (Lipinski definition) is 1. The van der Waals surface area contributed by atoms with E-state index in [2.05, 4.69) is 50.2 Å². The minimum absolute atomic E-state index is 0.105. The van der Waals surface area contributed by atoms with E-state index in [1.165, 1.54) is 16.7 Å². The van der Waals surface area contributed by atoms with E-state index in [1.54, 1.807) is 6.08 Å². The van der Waals surface area contributed by atoms with Gasteiger partial charge in [-0.3, -0.25) is 4.79 Å². The molecule has 0 aromatic heterocycles. The van der Waals surface area contributed by atoms with Crippen molar-refractivity contribution in [1.82, 2.24) is 4.90 Å². The molecule has 0 heterocycles. The average molecular weight is 305 g/mol. The van der Waals surface area contributed by atoms with Crippen LogP contribution in [-0.4, -0.2) is 16.8 Å². The van der Waals surface area contributed by atoms with Crippen LogP contribution in [0, 0.1) is 13.8 Å². The zero-order valence-corrected chi connectivity index (χ0v) is 13.8. The molecule has 2 nitrogen and oxygen atoms in total. The highest BCUT2D eigenvalue weighted by Crippen LogP contribution is 2.28. The smallest absolute Gasteiger partial charge is 0.247 e. The first kappa shape index (κ1) is 15.5. The molecule has 1 amide bonds. The van der Waals surface area contributed by atoms with Gasteiger partial charge >= 0.3 is 0 Å². The third kappa shape index (κ3) is 4.32. The Hall–Kier alpha value is -2.35. The fourth-order valence-electron chi connectivity index (χ4n) is 2.60. The monoisotopic (exact) mass is 305 g/mol. The Morgan fingerprint density at radius 3 is 2.13 bits per heavy atom. The molecule has 1 aliphatic carbocycles. The lowest BCUT2D eigenvalue weighted by molar-refractivity contribution is -0.127. The quantitative estimate of drug-likeness (QED) is 0.744. The summed E-state index contributed by atoms with van der Waals surface area (Å²) in [7, 11) is 0. The van der Waals surface area contributed by atoms with Crippen LogP contribution >= 0.6 is 0 Å². The van der Waals surface area contributed by atoms with E-state index in [4.69, 9.17) is 0 Å². The molecule has 0 spiro atoms. The molecule has 1 saturated carbocycles. The van der Waals surface area contributed by atoms with Gasteiger partial charge in [-0.2, -0.15) is 0 Å². The highest BCUT2D eigenvalue weighted by molar-refractivity contribution is 5.92. The predicted molar refractivity (Wildman–Crippen MR) is 95.0 cm³/mol.